The van der Waals surface area contributed by atoms with Crippen LogP contribution in [0.1, 0.15) is 33.4 Å². The van der Waals surface area contributed by atoms with Gasteiger partial charge in [-0.1, -0.05) is 23.8 Å². The second kappa shape index (κ2) is 6.20. The summed E-state index contributed by atoms with van der Waals surface area (Å²) in [4.78, 5) is 0. The SMILES string of the molecule is COc1cc(C#N)c(Cc2cc(C)ccc2C)c(C#N)c1O. The molecule has 0 aliphatic heterocycles. The minimum absolute atomic E-state index is 0.0943. The topological polar surface area (TPSA) is 77.0 Å². The van der Waals surface area contributed by atoms with Crippen molar-refractivity contribution in [2.24, 2.45) is 0 Å². The summed E-state index contributed by atoms with van der Waals surface area (Å²) in [5.41, 5.74) is 4.17. The first-order valence-electron chi connectivity index (χ1n) is 6.81. The molecule has 0 saturated carbocycles. The van der Waals surface area contributed by atoms with Gasteiger partial charge in [0.2, 0.25) is 0 Å². The van der Waals surface area contributed by atoms with Crippen molar-refractivity contribution in [3.63, 3.8) is 0 Å². The number of benzene rings is 2. The standard InChI is InChI=1S/C18H16N2O2/c1-11-4-5-12(2)13(6-11)7-15-14(9-19)8-17(22-3)18(21)16(15)10-20/h4-6,8,21H,7H2,1-3H3. The molecule has 4 nitrogen and oxygen atoms in total. The third-order valence-electron chi connectivity index (χ3n) is 3.70. The zero-order valence-electron chi connectivity index (χ0n) is 12.8. The van der Waals surface area contributed by atoms with Crippen molar-refractivity contribution in [2.45, 2.75) is 20.3 Å². The largest absolute Gasteiger partial charge is 0.503 e. The highest BCUT2D eigenvalue weighted by Crippen LogP contribution is 2.35. The van der Waals surface area contributed by atoms with Gasteiger partial charge in [0.25, 0.3) is 0 Å². The van der Waals surface area contributed by atoms with Crippen molar-refractivity contribution in [2.75, 3.05) is 7.11 Å². The Kier molecular flexibility index (Phi) is 4.34. The zero-order valence-corrected chi connectivity index (χ0v) is 12.8. The molecular formula is C18H16N2O2. The summed E-state index contributed by atoms with van der Waals surface area (Å²) in [7, 11) is 1.39. The molecule has 2 aromatic carbocycles. The van der Waals surface area contributed by atoms with Crippen LogP contribution < -0.4 is 4.74 Å². The lowest BCUT2D eigenvalue weighted by molar-refractivity contribution is 0.372. The fourth-order valence-electron chi connectivity index (χ4n) is 2.43. The van der Waals surface area contributed by atoms with E-state index in [4.69, 9.17) is 4.74 Å². The Bertz CT molecular complexity index is 811. The average Bonchev–Trinajstić information content (AvgIpc) is 2.51. The molecule has 0 amide bonds. The van der Waals surface area contributed by atoms with Gasteiger partial charge in [-0.3, -0.25) is 0 Å². The summed E-state index contributed by atoms with van der Waals surface area (Å²) < 4.78 is 5.03. The molecule has 1 N–H and O–H groups in total. The van der Waals surface area contributed by atoms with E-state index in [1.807, 2.05) is 38.1 Å². The van der Waals surface area contributed by atoms with Gasteiger partial charge in [0, 0.05) is 12.5 Å². The fourth-order valence-corrected chi connectivity index (χ4v) is 2.43. The minimum atomic E-state index is -0.218. The highest BCUT2D eigenvalue weighted by atomic mass is 16.5. The van der Waals surface area contributed by atoms with Crippen LogP contribution in [0.15, 0.2) is 24.3 Å². The first-order chi connectivity index (χ1) is 10.5. The molecule has 0 saturated heterocycles. The number of nitrogens with zero attached hydrogens (tertiary/aromatic N) is 2. The highest BCUT2D eigenvalue weighted by Gasteiger charge is 2.19. The molecule has 4 heteroatoms. The van der Waals surface area contributed by atoms with Crippen LogP contribution in [0.5, 0.6) is 11.5 Å². The third-order valence-corrected chi connectivity index (χ3v) is 3.70. The van der Waals surface area contributed by atoms with E-state index in [9.17, 15) is 15.6 Å². The van der Waals surface area contributed by atoms with Crippen LogP contribution in [0.25, 0.3) is 0 Å². The van der Waals surface area contributed by atoms with Gasteiger partial charge in [-0.2, -0.15) is 10.5 Å². The molecule has 0 aliphatic carbocycles. The van der Waals surface area contributed by atoms with Crippen molar-refractivity contribution >= 4 is 0 Å². The maximum Gasteiger partial charge on any atom is 0.176 e. The van der Waals surface area contributed by atoms with Crippen molar-refractivity contribution in [3.8, 4) is 23.6 Å². The van der Waals surface area contributed by atoms with Gasteiger partial charge in [-0.05, 0) is 30.5 Å². The predicted octanol–water partition coefficient (Wildman–Crippen LogP) is 3.35. The fraction of sp³-hybridized carbons (Fsp3) is 0.222. The Hall–Kier alpha value is -2.98. The molecule has 2 aromatic rings. The van der Waals surface area contributed by atoms with Gasteiger partial charge in [0.15, 0.2) is 11.5 Å². The van der Waals surface area contributed by atoms with Crippen LogP contribution in [0, 0.1) is 36.5 Å². The molecule has 0 aliphatic rings. The zero-order chi connectivity index (χ0) is 16.3. The number of phenols is 1. The lowest BCUT2D eigenvalue weighted by Crippen LogP contribution is -2.01. The third kappa shape index (κ3) is 2.73. The lowest BCUT2D eigenvalue weighted by atomic mass is 9.92. The summed E-state index contributed by atoms with van der Waals surface area (Å²) in [6, 6.07) is 11.6. The van der Waals surface area contributed by atoms with Gasteiger partial charge < -0.3 is 9.84 Å². The van der Waals surface area contributed by atoms with Crippen LogP contribution in [0.2, 0.25) is 0 Å². The molecular weight excluding hydrogens is 276 g/mol. The first-order valence-corrected chi connectivity index (χ1v) is 6.81. The predicted molar refractivity (Wildman–Crippen MR) is 82.8 cm³/mol. The number of aryl methyl sites for hydroxylation is 2. The van der Waals surface area contributed by atoms with Crippen molar-refractivity contribution in [3.05, 3.63) is 57.6 Å². The van der Waals surface area contributed by atoms with E-state index in [-0.39, 0.29) is 17.1 Å². The molecule has 0 heterocycles. The smallest absolute Gasteiger partial charge is 0.176 e. The van der Waals surface area contributed by atoms with E-state index in [1.165, 1.54) is 13.2 Å². The molecule has 110 valence electrons. The van der Waals surface area contributed by atoms with E-state index in [2.05, 4.69) is 6.07 Å². The van der Waals surface area contributed by atoms with Crippen LogP contribution in [0.3, 0.4) is 0 Å². The van der Waals surface area contributed by atoms with Crippen molar-refractivity contribution < 1.29 is 9.84 Å². The summed E-state index contributed by atoms with van der Waals surface area (Å²) in [6.45, 7) is 3.97. The molecule has 0 atom stereocenters. The van der Waals surface area contributed by atoms with E-state index in [0.29, 0.717) is 17.5 Å². The molecule has 0 bridgehead atoms. The number of hydrogen-bond acceptors (Lipinski definition) is 4. The van der Waals surface area contributed by atoms with Crippen LogP contribution >= 0.6 is 0 Å². The number of phenolic OH excluding ortho intramolecular Hbond substituents is 1. The number of ether oxygens (including phenoxy) is 1. The van der Waals surface area contributed by atoms with Crippen molar-refractivity contribution in [1.29, 1.82) is 10.5 Å². The first kappa shape index (κ1) is 15.4. The molecule has 0 radical (unpaired) electrons. The van der Waals surface area contributed by atoms with Gasteiger partial charge in [0.1, 0.15) is 11.6 Å². The second-order valence-corrected chi connectivity index (χ2v) is 5.16. The van der Waals surface area contributed by atoms with Gasteiger partial charge in [0.05, 0.1) is 18.7 Å². The van der Waals surface area contributed by atoms with E-state index in [1.54, 1.807) is 0 Å². The van der Waals surface area contributed by atoms with Gasteiger partial charge >= 0.3 is 0 Å². The monoisotopic (exact) mass is 292 g/mol. The quantitative estimate of drug-likeness (QED) is 0.941. The Morgan fingerprint density at radius 2 is 1.86 bits per heavy atom. The Morgan fingerprint density at radius 3 is 2.45 bits per heavy atom. The summed E-state index contributed by atoms with van der Waals surface area (Å²) in [5, 5.41) is 28.9. The highest BCUT2D eigenvalue weighted by molar-refractivity contribution is 5.63. The normalized spacial score (nSPS) is 9.86. The summed E-state index contributed by atoms with van der Waals surface area (Å²) in [5.74, 6) is -0.0814. The Labute approximate surface area is 129 Å². The van der Waals surface area contributed by atoms with E-state index in [0.717, 1.165) is 16.7 Å². The molecule has 2 rings (SSSR count). The maximum atomic E-state index is 10.1. The van der Waals surface area contributed by atoms with Gasteiger partial charge in [-0.25, -0.2) is 0 Å². The molecule has 0 fully saturated rings. The van der Waals surface area contributed by atoms with Crippen LogP contribution in [-0.2, 0) is 6.42 Å². The number of hydrogen-bond donors (Lipinski definition) is 1. The molecule has 22 heavy (non-hydrogen) atoms. The van der Waals surface area contributed by atoms with E-state index >= 15 is 0 Å². The number of aromatic hydroxyl groups is 1. The molecule has 0 spiro atoms. The lowest BCUT2D eigenvalue weighted by Gasteiger charge is -2.13. The number of nitriles is 2. The average molecular weight is 292 g/mol. The summed E-state index contributed by atoms with van der Waals surface area (Å²) in [6.07, 6.45) is 0.414. The maximum absolute atomic E-state index is 10.1. The molecule has 0 unspecified atom stereocenters. The van der Waals surface area contributed by atoms with Gasteiger partial charge in [-0.15, -0.1) is 0 Å². The molecule has 0 aromatic heterocycles. The van der Waals surface area contributed by atoms with E-state index < -0.39 is 0 Å². The number of methoxy groups -OCH3 is 1. The Balaban J connectivity index is 2.65. The second-order valence-electron chi connectivity index (χ2n) is 5.16. The summed E-state index contributed by atoms with van der Waals surface area (Å²) >= 11 is 0. The number of rotatable bonds is 3. The van der Waals surface area contributed by atoms with Crippen LogP contribution in [0.4, 0.5) is 0 Å². The minimum Gasteiger partial charge on any atom is -0.503 e. The van der Waals surface area contributed by atoms with Crippen molar-refractivity contribution in [1.82, 2.24) is 0 Å². The van der Waals surface area contributed by atoms with Crippen LogP contribution in [-0.4, -0.2) is 12.2 Å². The Morgan fingerprint density at radius 1 is 1.14 bits per heavy atom.